The van der Waals surface area contributed by atoms with Gasteiger partial charge in [0.15, 0.2) is 0 Å². The first-order valence-corrected chi connectivity index (χ1v) is 7.34. The standard InChI is InChI=1S/C14H24N6O/c1-5-9-16-12-17-13(20(4)11(3)7-8-15)19-14(18-12)21-10-6-2/h11H,5-7,9-10H2,1-4H3,(H,16,17,18,19). The zero-order chi connectivity index (χ0) is 15.7. The average molecular weight is 292 g/mol. The Labute approximate surface area is 126 Å². The number of ether oxygens (including phenoxy) is 1. The van der Waals surface area contributed by atoms with Crippen molar-refractivity contribution in [2.45, 2.75) is 46.1 Å². The lowest BCUT2D eigenvalue weighted by molar-refractivity contribution is 0.291. The molecule has 7 nitrogen and oxygen atoms in total. The van der Waals surface area contributed by atoms with E-state index in [0.717, 1.165) is 19.4 Å². The molecule has 1 aromatic rings. The van der Waals surface area contributed by atoms with Gasteiger partial charge >= 0.3 is 6.01 Å². The highest BCUT2D eigenvalue weighted by Crippen LogP contribution is 2.17. The van der Waals surface area contributed by atoms with E-state index in [4.69, 9.17) is 10.00 Å². The summed E-state index contributed by atoms with van der Waals surface area (Å²) in [6.07, 6.45) is 2.28. The van der Waals surface area contributed by atoms with Crippen molar-refractivity contribution in [3.63, 3.8) is 0 Å². The van der Waals surface area contributed by atoms with E-state index in [1.165, 1.54) is 0 Å². The Kier molecular flexibility index (Phi) is 7.23. The van der Waals surface area contributed by atoms with Gasteiger partial charge in [0.05, 0.1) is 19.1 Å². The molecule has 0 aliphatic rings. The first kappa shape index (κ1) is 17.0. The number of hydrogen-bond acceptors (Lipinski definition) is 7. The quantitative estimate of drug-likeness (QED) is 0.746. The Bertz CT molecular complexity index is 447. The molecular formula is C14H24N6O. The largest absolute Gasteiger partial charge is 0.463 e. The minimum absolute atomic E-state index is 0.0236. The molecule has 0 radical (unpaired) electrons. The van der Waals surface area contributed by atoms with Gasteiger partial charge in [-0.3, -0.25) is 0 Å². The number of hydrogen-bond donors (Lipinski definition) is 1. The number of anilines is 2. The van der Waals surface area contributed by atoms with Gasteiger partial charge in [-0.15, -0.1) is 0 Å². The summed E-state index contributed by atoms with van der Waals surface area (Å²) in [5, 5.41) is 12.0. The summed E-state index contributed by atoms with van der Waals surface area (Å²) in [6, 6.07) is 2.50. The maximum atomic E-state index is 8.81. The van der Waals surface area contributed by atoms with Crippen LogP contribution in [0.25, 0.3) is 0 Å². The molecule has 0 spiro atoms. The Morgan fingerprint density at radius 2 is 2.05 bits per heavy atom. The predicted molar refractivity (Wildman–Crippen MR) is 82.5 cm³/mol. The smallest absolute Gasteiger partial charge is 0.323 e. The van der Waals surface area contributed by atoms with E-state index in [-0.39, 0.29) is 6.04 Å². The molecule has 1 atom stereocenters. The van der Waals surface area contributed by atoms with E-state index in [1.807, 2.05) is 25.8 Å². The molecule has 0 aromatic carbocycles. The van der Waals surface area contributed by atoms with E-state index in [0.29, 0.717) is 30.9 Å². The molecule has 0 saturated carbocycles. The molecule has 0 saturated heterocycles. The lowest BCUT2D eigenvalue weighted by Gasteiger charge is -2.23. The summed E-state index contributed by atoms with van der Waals surface area (Å²) in [5.41, 5.74) is 0. The summed E-state index contributed by atoms with van der Waals surface area (Å²) in [7, 11) is 1.87. The van der Waals surface area contributed by atoms with Gasteiger partial charge in [0, 0.05) is 19.6 Å². The highest BCUT2D eigenvalue weighted by atomic mass is 16.5. The van der Waals surface area contributed by atoms with E-state index in [2.05, 4.69) is 33.3 Å². The SMILES string of the molecule is CCCNc1nc(OCCC)nc(N(C)C(C)CC#N)n1. The van der Waals surface area contributed by atoms with Crippen LogP contribution in [0.15, 0.2) is 0 Å². The van der Waals surface area contributed by atoms with Crippen molar-refractivity contribution < 1.29 is 4.74 Å². The average Bonchev–Trinajstić information content (AvgIpc) is 2.50. The van der Waals surface area contributed by atoms with E-state index < -0.39 is 0 Å². The van der Waals surface area contributed by atoms with Gasteiger partial charge in [-0.1, -0.05) is 13.8 Å². The predicted octanol–water partition coefficient (Wildman–Crippen LogP) is 2.22. The first-order valence-electron chi connectivity index (χ1n) is 7.34. The van der Waals surface area contributed by atoms with E-state index in [1.54, 1.807) is 0 Å². The Hall–Kier alpha value is -2.10. The maximum absolute atomic E-state index is 8.81. The third kappa shape index (κ3) is 5.42. The fraction of sp³-hybridized carbons (Fsp3) is 0.714. The van der Waals surface area contributed by atoms with Crippen molar-refractivity contribution in [2.75, 3.05) is 30.4 Å². The molecule has 7 heteroatoms. The fourth-order valence-corrected chi connectivity index (χ4v) is 1.54. The van der Waals surface area contributed by atoms with Gasteiger partial charge in [0.1, 0.15) is 0 Å². The molecule has 0 fully saturated rings. The summed E-state index contributed by atoms with van der Waals surface area (Å²) in [5.74, 6) is 1.02. The van der Waals surface area contributed by atoms with Crippen molar-refractivity contribution in [1.29, 1.82) is 5.26 Å². The third-order valence-corrected chi connectivity index (χ3v) is 2.93. The van der Waals surface area contributed by atoms with Crippen LogP contribution in [0.3, 0.4) is 0 Å². The second-order valence-electron chi connectivity index (χ2n) is 4.84. The van der Waals surface area contributed by atoms with Crippen molar-refractivity contribution in [1.82, 2.24) is 15.0 Å². The number of nitriles is 1. The number of nitrogens with zero attached hydrogens (tertiary/aromatic N) is 5. The highest BCUT2D eigenvalue weighted by Gasteiger charge is 2.15. The van der Waals surface area contributed by atoms with Gasteiger partial charge in [-0.05, 0) is 19.8 Å². The van der Waals surface area contributed by atoms with Crippen molar-refractivity contribution in [2.24, 2.45) is 0 Å². The number of rotatable bonds is 9. The van der Waals surface area contributed by atoms with Gasteiger partial charge in [-0.2, -0.15) is 20.2 Å². The molecule has 21 heavy (non-hydrogen) atoms. The maximum Gasteiger partial charge on any atom is 0.323 e. The topological polar surface area (TPSA) is 87.0 Å². The molecular weight excluding hydrogens is 268 g/mol. The fourth-order valence-electron chi connectivity index (χ4n) is 1.54. The second kappa shape index (κ2) is 8.95. The third-order valence-electron chi connectivity index (χ3n) is 2.93. The second-order valence-corrected chi connectivity index (χ2v) is 4.84. The lowest BCUT2D eigenvalue weighted by Crippen LogP contribution is -2.30. The normalized spacial score (nSPS) is 11.6. The monoisotopic (exact) mass is 292 g/mol. The zero-order valence-corrected chi connectivity index (χ0v) is 13.3. The van der Waals surface area contributed by atoms with Crippen LogP contribution < -0.4 is 15.0 Å². The van der Waals surface area contributed by atoms with Gasteiger partial charge in [-0.25, -0.2) is 0 Å². The Morgan fingerprint density at radius 1 is 1.29 bits per heavy atom. The summed E-state index contributed by atoms with van der Waals surface area (Å²) in [6.45, 7) is 7.41. The van der Waals surface area contributed by atoms with Crippen LogP contribution in [0, 0.1) is 11.3 Å². The summed E-state index contributed by atoms with van der Waals surface area (Å²) < 4.78 is 5.51. The molecule has 0 bridgehead atoms. The van der Waals surface area contributed by atoms with Gasteiger partial charge < -0.3 is 15.0 Å². The van der Waals surface area contributed by atoms with Gasteiger partial charge in [0.25, 0.3) is 0 Å². The summed E-state index contributed by atoms with van der Waals surface area (Å²) >= 11 is 0. The molecule has 1 rings (SSSR count). The Balaban J connectivity index is 2.96. The minimum atomic E-state index is 0.0236. The van der Waals surface area contributed by atoms with Crippen LogP contribution >= 0.6 is 0 Å². The van der Waals surface area contributed by atoms with Crippen molar-refractivity contribution >= 4 is 11.9 Å². The zero-order valence-electron chi connectivity index (χ0n) is 13.3. The lowest BCUT2D eigenvalue weighted by atomic mass is 10.2. The molecule has 1 heterocycles. The van der Waals surface area contributed by atoms with Crippen molar-refractivity contribution in [3.8, 4) is 12.1 Å². The molecule has 116 valence electrons. The molecule has 0 aliphatic carbocycles. The highest BCUT2D eigenvalue weighted by molar-refractivity contribution is 5.38. The molecule has 1 unspecified atom stereocenters. The molecule has 1 N–H and O–H groups in total. The minimum Gasteiger partial charge on any atom is -0.463 e. The number of nitrogens with one attached hydrogen (secondary N) is 1. The van der Waals surface area contributed by atoms with Crippen LogP contribution in [0.1, 0.15) is 40.0 Å². The first-order chi connectivity index (χ1) is 10.1. The molecule has 0 amide bonds. The van der Waals surface area contributed by atoms with Crippen LogP contribution in [-0.4, -0.2) is 41.2 Å². The van der Waals surface area contributed by atoms with Gasteiger partial charge in [0.2, 0.25) is 11.9 Å². The summed E-state index contributed by atoms with van der Waals surface area (Å²) in [4.78, 5) is 14.8. The van der Waals surface area contributed by atoms with Crippen molar-refractivity contribution in [3.05, 3.63) is 0 Å². The van der Waals surface area contributed by atoms with Crippen LogP contribution in [-0.2, 0) is 0 Å². The van der Waals surface area contributed by atoms with Crippen LogP contribution in [0.5, 0.6) is 6.01 Å². The molecule has 0 aliphatic heterocycles. The van der Waals surface area contributed by atoms with E-state index in [9.17, 15) is 0 Å². The molecule has 1 aromatic heterocycles. The Morgan fingerprint density at radius 3 is 2.67 bits per heavy atom. The van der Waals surface area contributed by atoms with Crippen LogP contribution in [0.4, 0.5) is 11.9 Å². The number of aromatic nitrogens is 3. The van der Waals surface area contributed by atoms with Crippen LogP contribution in [0.2, 0.25) is 0 Å². The van der Waals surface area contributed by atoms with E-state index >= 15 is 0 Å².